The van der Waals surface area contributed by atoms with Gasteiger partial charge < -0.3 is 30.3 Å². The Hall–Kier alpha value is -1.48. The van der Waals surface area contributed by atoms with Gasteiger partial charge in [0.2, 0.25) is 5.91 Å². The van der Waals surface area contributed by atoms with E-state index >= 15 is 0 Å². The Balaban J connectivity index is 2.76. The van der Waals surface area contributed by atoms with Gasteiger partial charge in [-0.05, 0) is 25.2 Å². The second-order valence-corrected chi connectivity index (χ2v) is 7.07. The van der Waals surface area contributed by atoms with Gasteiger partial charge in [-0.15, -0.1) is 0 Å². The molecule has 0 saturated carbocycles. The standard InChI is InChI=1S/C18H32N2O6/c1-11(2)8-9-13(21)14(22)15(23)16(26-4)17(24)19-12-7-5-6-10-20(3)18(12)25/h8-9,11-16,21-23H,5-7,10H2,1-4H3,(H,19,24)/b9-8+/t12-,13+,14-,15+,16+/m0/s1. The van der Waals surface area contributed by atoms with Crippen molar-refractivity contribution in [2.24, 2.45) is 5.92 Å². The first kappa shape index (κ1) is 22.6. The molecule has 0 aromatic carbocycles. The first-order valence-corrected chi connectivity index (χ1v) is 8.99. The zero-order valence-electron chi connectivity index (χ0n) is 16.0. The summed E-state index contributed by atoms with van der Waals surface area (Å²) >= 11 is 0. The van der Waals surface area contributed by atoms with Crippen LogP contribution in [0.5, 0.6) is 0 Å². The maximum Gasteiger partial charge on any atom is 0.252 e. The molecule has 1 aliphatic heterocycles. The Morgan fingerprint density at radius 3 is 2.46 bits per heavy atom. The van der Waals surface area contributed by atoms with E-state index in [1.165, 1.54) is 13.2 Å². The Kier molecular flexibility index (Phi) is 9.21. The quantitative estimate of drug-likeness (QED) is 0.424. The third kappa shape index (κ3) is 6.35. The van der Waals surface area contributed by atoms with E-state index in [1.807, 2.05) is 13.8 Å². The van der Waals surface area contributed by atoms with Crippen LogP contribution in [-0.2, 0) is 14.3 Å². The molecule has 1 heterocycles. The summed E-state index contributed by atoms with van der Waals surface area (Å²) in [7, 11) is 2.90. The molecule has 0 aliphatic carbocycles. The molecule has 0 spiro atoms. The topological polar surface area (TPSA) is 119 Å². The highest BCUT2D eigenvalue weighted by molar-refractivity contribution is 5.89. The Morgan fingerprint density at radius 2 is 1.88 bits per heavy atom. The van der Waals surface area contributed by atoms with E-state index in [-0.39, 0.29) is 11.8 Å². The van der Waals surface area contributed by atoms with Gasteiger partial charge in [0.15, 0.2) is 6.10 Å². The van der Waals surface area contributed by atoms with Crippen molar-refractivity contribution < 1.29 is 29.6 Å². The number of carbonyl (C=O) groups is 2. The van der Waals surface area contributed by atoms with Gasteiger partial charge in [0, 0.05) is 20.7 Å². The van der Waals surface area contributed by atoms with Crippen LogP contribution < -0.4 is 5.32 Å². The molecule has 1 saturated heterocycles. The molecule has 4 N–H and O–H groups in total. The number of methoxy groups -OCH3 is 1. The van der Waals surface area contributed by atoms with Crippen molar-refractivity contribution in [3.05, 3.63) is 12.2 Å². The summed E-state index contributed by atoms with van der Waals surface area (Å²) in [5, 5.41) is 32.9. The number of aliphatic hydroxyl groups is 3. The largest absolute Gasteiger partial charge is 0.387 e. The number of amides is 2. The van der Waals surface area contributed by atoms with Gasteiger partial charge in [-0.25, -0.2) is 0 Å². The molecule has 0 aromatic heterocycles. The minimum absolute atomic E-state index is 0.161. The SMILES string of the molecule is CO[C@@H](C(=O)N[C@H]1CCCCN(C)C1=O)[C@H](O)[C@@H](O)[C@H](O)/C=C/C(C)C. The monoisotopic (exact) mass is 372 g/mol. The van der Waals surface area contributed by atoms with Crippen molar-refractivity contribution in [1.29, 1.82) is 0 Å². The highest BCUT2D eigenvalue weighted by atomic mass is 16.5. The second kappa shape index (κ2) is 10.6. The minimum atomic E-state index is -1.65. The molecule has 0 radical (unpaired) electrons. The zero-order valence-corrected chi connectivity index (χ0v) is 16.0. The third-order valence-electron chi connectivity index (χ3n) is 4.44. The minimum Gasteiger partial charge on any atom is -0.387 e. The third-order valence-corrected chi connectivity index (χ3v) is 4.44. The Bertz CT molecular complexity index is 496. The van der Waals surface area contributed by atoms with Crippen LogP contribution in [0.2, 0.25) is 0 Å². The molecule has 1 rings (SSSR count). The lowest BCUT2D eigenvalue weighted by molar-refractivity contribution is -0.151. The molecule has 1 fully saturated rings. The summed E-state index contributed by atoms with van der Waals surface area (Å²) in [6, 6.07) is -0.692. The first-order valence-electron chi connectivity index (χ1n) is 8.99. The lowest BCUT2D eigenvalue weighted by Gasteiger charge is -2.28. The molecule has 0 bridgehead atoms. The van der Waals surface area contributed by atoms with E-state index in [2.05, 4.69) is 5.32 Å². The molecule has 0 unspecified atom stereocenters. The number of nitrogens with one attached hydrogen (secondary N) is 1. The number of hydrogen-bond donors (Lipinski definition) is 4. The molecular weight excluding hydrogens is 340 g/mol. The lowest BCUT2D eigenvalue weighted by atomic mass is 10.0. The Morgan fingerprint density at radius 1 is 1.23 bits per heavy atom. The number of likely N-dealkylation sites (N-methyl/N-ethyl adjacent to an activating group) is 1. The molecule has 8 nitrogen and oxygen atoms in total. The van der Waals surface area contributed by atoms with E-state index in [1.54, 1.807) is 18.0 Å². The number of likely N-dealkylation sites (tertiary alicyclic amines) is 1. The molecule has 8 heteroatoms. The van der Waals surface area contributed by atoms with E-state index in [4.69, 9.17) is 4.74 Å². The molecule has 2 amide bonds. The van der Waals surface area contributed by atoms with Crippen LogP contribution in [0.15, 0.2) is 12.2 Å². The number of aliphatic hydroxyl groups excluding tert-OH is 3. The van der Waals surface area contributed by atoms with E-state index in [9.17, 15) is 24.9 Å². The fraction of sp³-hybridized carbons (Fsp3) is 0.778. The molecule has 0 aromatic rings. The van der Waals surface area contributed by atoms with E-state index in [0.717, 1.165) is 12.8 Å². The lowest BCUT2D eigenvalue weighted by Crippen LogP contribution is -2.55. The smallest absolute Gasteiger partial charge is 0.252 e. The van der Waals surface area contributed by atoms with Crippen LogP contribution in [-0.4, -0.2) is 83.2 Å². The van der Waals surface area contributed by atoms with E-state index < -0.39 is 36.4 Å². The van der Waals surface area contributed by atoms with Crippen LogP contribution in [0.1, 0.15) is 33.1 Å². The number of hydrogen-bond acceptors (Lipinski definition) is 6. The maximum absolute atomic E-state index is 12.5. The molecule has 1 aliphatic rings. The van der Waals surface area contributed by atoms with Crippen LogP contribution in [0.4, 0.5) is 0 Å². The number of ether oxygens (including phenoxy) is 1. The summed E-state index contributed by atoms with van der Waals surface area (Å²) in [4.78, 5) is 26.3. The average molecular weight is 372 g/mol. The molecule has 26 heavy (non-hydrogen) atoms. The summed E-state index contributed by atoms with van der Waals surface area (Å²) in [5.74, 6) is -0.734. The Labute approximate surface area is 154 Å². The van der Waals surface area contributed by atoms with Crippen molar-refractivity contribution in [3.8, 4) is 0 Å². The maximum atomic E-state index is 12.5. The van der Waals surface area contributed by atoms with Crippen LogP contribution in [0.3, 0.4) is 0 Å². The normalized spacial score (nSPS) is 23.6. The predicted molar refractivity (Wildman–Crippen MR) is 96.2 cm³/mol. The fourth-order valence-electron chi connectivity index (χ4n) is 2.82. The van der Waals surface area contributed by atoms with Gasteiger partial charge in [-0.1, -0.05) is 26.0 Å². The van der Waals surface area contributed by atoms with Crippen molar-refractivity contribution in [2.75, 3.05) is 20.7 Å². The number of carbonyl (C=O) groups excluding carboxylic acids is 2. The molecule has 5 atom stereocenters. The van der Waals surface area contributed by atoms with Crippen LogP contribution >= 0.6 is 0 Å². The fourth-order valence-corrected chi connectivity index (χ4v) is 2.82. The highest BCUT2D eigenvalue weighted by Gasteiger charge is 2.37. The van der Waals surface area contributed by atoms with Gasteiger partial charge in [-0.3, -0.25) is 9.59 Å². The molecular formula is C18H32N2O6. The van der Waals surface area contributed by atoms with Gasteiger partial charge >= 0.3 is 0 Å². The van der Waals surface area contributed by atoms with Crippen molar-refractivity contribution >= 4 is 11.8 Å². The van der Waals surface area contributed by atoms with Gasteiger partial charge in [-0.2, -0.15) is 0 Å². The summed E-state index contributed by atoms with van der Waals surface area (Å²) in [6.07, 6.45) is -0.796. The van der Waals surface area contributed by atoms with Gasteiger partial charge in [0.25, 0.3) is 5.91 Å². The highest BCUT2D eigenvalue weighted by Crippen LogP contribution is 2.14. The summed E-state index contributed by atoms with van der Waals surface area (Å²) in [6.45, 7) is 4.44. The number of rotatable bonds is 8. The summed E-state index contributed by atoms with van der Waals surface area (Å²) in [5.41, 5.74) is 0. The molecule has 150 valence electrons. The number of allylic oxidation sites excluding steroid dienone is 1. The predicted octanol–water partition coefficient (Wildman–Crippen LogP) is -0.577. The zero-order chi connectivity index (χ0) is 19.9. The second-order valence-electron chi connectivity index (χ2n) is 7.07. The van der Waals surface area contributed by atoms with Crippen LogP contribution in [0.25, 0.3) is 0 Å². The van der Waals surface area contributed by atoms with Crippen LogP contribution in [0, 0.1) is 5.92 Å². The van der Waals surface area contributed by atoms with Crippen molar-refractivity contribution in [1.82, 2.24) is 10.2 Å². The van der Waals surface area contributed by atoms with Crippen molar-refractivity contribution in [3.63, 3.8) is 0 Å². The van der Waals surface area contributed by atoms with Gasteiger partial charge in [0.05, 0.1) is 0 Å². The average Bonchev–Trinajstić information content (AvgIpc) is 2.75. The first-order chi connectivity index (χ1) is 12.2. The van der Waals surface area contributed by atoms with Gasteiger partial charge in [0.1, 0.15) is 24.4 Å². The van der Waals surface area contributed by atoms with Crippen molar-refractivity contribution in [2.45, 2.75) is 63.6 Å². The van der Waals surface area contributed by atoms with E-state index in [0.29, 0.717) is 13.0 Å². The number of nitrogens with zero attached hydrogens (tertiary/aromatic N) is 1. The summed E-state index contributed by atoms with van der Waals surface area (Å²) < 4.78 is 5.02.